The second-order valence-electron chi connectivity index (χ2n) is 9.63. The van der Waals surface area contributed by atoms with Gasteiger partial charge >= 0.3 is 18.0 Å². The first-order valence-electron chi connectivity index (χ1n) is 12.6. The van der Waals surface area contributed by atoms with Crippen LogP contribution in [0.25, 0.3) is 10.4 Å². The van der Waals surface area contributed by atoms with Crippen molar-refractivity contribution >= 4 is 35.0 Å². The van der Waals surface area contributed by atoms with E-state index in [2.05, 4.69) is 6.07 Å². The molecule has 0 spiro atoms. The molecule has 10 heteroatoms. The van der Waals surface area contributed by atoms with Crippen LogP contribution in [0.15, 0.2) is 48.5 Å². The van der Waals surface area contributed by atoms with Crippen molar-refractivity contribution in [3.8, 4) is 22.3 Å². The third kappa shape index (κ3) is 6.21. The highest BCUT2D eigenvalue weighted by Gasteiger charge is 2.28. The van der Waals surface area contributed by atoms with Gasteiger partial charge in [-0.2, -0.15) is 5.26 Å². The van der Waals surface area contributed by atoms with Crippen LogP contribution in [0.1, 0.15) is 58.0 Å². The summed E-state index contributed by atoms with van der Waals surface area (Å²) in [5.74, 6) is -1.99. The molecule has 0 bridgehead atoms. The van der Waals surface area contributed by atoms with Crippen LogP contribution in [-0.2, 0) is 4.79 Å². The van der Waals surface area contributed by atoms with E-state index in [1.165, 1.54) is 4.90 Å². The van der Waals surface area contributed by atoms with Gasteiger partial charge in [0.1, 0.15) is 5.75 Å². The number of urea groups is 1. The summed E-state index contributed by atoms with van der Waals surface area (Å²) >= 11 is 0.986. The highest BCUT2D eigenvalue weighted by molar-refractivity contribution is 7.18. The molecule has 1 aromatic heterocycles. The van der Waals surface area contributed by atoms with Gasteiger partial charge in [-0.05, 0) is 67.3 Å². The van der Waals surface area contributed by atoms with Gasteiger partial charge in [-0.25, -0.2) is 14.4 Å². The minimum absolute atomic E-state index is 0.0213. The van der Waals surface area contributed by atoms with E-state index in [1.54, 1.807) is 31.2 Å². The second-order valence-corrected chi connectivity index (χ2v) is 10.7. The zero-order chi connectivity index (χ0) is 28.1. The van der Waals surface area contributed by atoms with Crippen LogP contribution in [0, 0.1) is 24.2 Å². The van der Waals surface area contributed by atoms with Crippen molar-refractivity contribution in [2.24, 2.45) is 11.7 Å². The quantitative estimate of drug-likeness (QED) is 0.314. The molecule has 2 aromatic carbocycles. The minimum Gasteiger partial charge on any atom is -0.480 e. The SMILES string of the molecule is Cc1c(-c2cccc(N(CC3CCCC(c4ccccc4C#N)C3)C(N)=O)c2)sc(C(=O)O)c1OCC(=O)O. The van der Waals surface area contributed by atoms with Crippen molar-refractivity contribution in [2.75, 3.05) is 18.1 Å². The number of carbonyl (C=O) groups excluding carboxylic acids is 1. The van der Waals surface area contributed by atoms with Crippen molar-refractivity contribution in [3.63, 3.8) is 0 Å². The standard InChI is InChI=1S/C29H29N3O6S/c1-17-25(38-16-24(33)34)27(28(35)36)39-26(17)20-9-5-10-22(13-20)32(29(31)37)15-18-6-4-8-19(12-18)23-11-3-2-7-21(23)14-30/h2-3,5,7,9-11,13,18-19H,4,6,8,12,15-16H2,1H3,(H2,31,37)(H,33,34)(H,35,36). The first-order chi connectivity index (χ1) is 18.7. The maximum atomic E-state index is 12.6. The lowest BCUT2D eigenvalue weighted by Gasteiger charge is -2.33. The van der Waals surface area contributed by atoms with E-state index in [0.29, 0.717) is 33.8 Å². The number of primary amides is 1. The van der Waals surface area contributed by atoms with Gasteiger partial charge in [-0.1, -0.05) is 36.8 Å². The number of aromatic carboxylic acids is 1. The average Bonchev–Trinajstić information content (AvgIpc) is 3.26. The predicted octanol–water partition coefficient (Wildman–Crippen LogP) is 5.62. The number of ether oxygens (including phenoxy) is 1. The molecule has 202 valence electrons. The molecule has 1 heterocycles. The number of carbonyl (C=O) groups is 3. The number of amides is 2. The Morgan fingerprint density at radius 1 is 1.15 bits per heavy atom. The molecule has 4 N–H and O–H groups in total. The number of benzene rings is 2. The Kier molecular flexibility index (Phi) is 8.52. The largest absolute Gasteiger partial charge is 0.480 e. The first kappa shape index (κ1) is 27.7. The summed E-state index contributed by atoms with van der Waals surface area (Å²) in [6, 6.07) is 16.5. The van der Waals surface area contributed by atoms with Crippen LogP contribution in [0.2, 0.25) is 0 Å². The van der Waals surface area contributed by atoms with Gasteiger partial charge in [0.2, 0.25) is 0 Å². The number of thiophene rings is 1. The Balaban J connectivity index is 1.60. The van der Waals surface area contributed by atoms with Crippen LogP contribution < -0.4 is 15.4 Å². The van der Waals surface area contributed by atoms with E-state index in [1.807, 2.05) is 24.3 Å². The first-order valence-corrected chi connectivity index (χ1v) is 13.4. The van der Waals surface area contributed by atoms with Gasteiger partial charge in [-0.15, -0.1) is 11.3 Å². The van der Waals surface area contributed by atoms with Crippen LogP contribution in [0.3, 0.4) is 0 Å². The minimum atomic E-state index is -1.21. The zero-order valence-electron chi connectivity index (χ0n) is 21.4. The lowest BCUT2D eigenvalue weighted by atomic mass is 9.76. The van der Waals surface area contributed by atoms with Gasteiger partial charge < -0.3 is 20.7 Å². The number of nitrogens with zero attached hydrogens (tertiary/aromatic N) is 2. The molecule has 0 aliphatic heterocycles. The highest BCUT2D eigenvalue weighted by atomic mass is 32.1. The van der Waals surface area contributed by atoms with E-state index < -0.39 is 24.6 Å². The molecule has 3 aromatic rings. The number of carboxylic acid groups (broad SMARTS) is 2. The lowest BCUT2D eigenvalue weighted by Crippen LogP contribution is -2.40. The molecule has 1 aliphatic rings. The van der Waals surface area contributed by atoms with E-state index in [4.69, 9.17) is 15.6 Å². The molecule has 0 radical (unpaired) electrons. The highest BCUT2D eigenvalue weighted by Crippen LogP contribution is 2.43. The number of hydrogen-bond donors (Lipinski definition) is 3. The summed E-state index contributed by atoms with van der Waals surface area (Å²) in [5, 5.41) is 28.2. The summed E-state index contributed by atoms with van der Waals surface area (Å²) in [4.78, 5) is 37.4. The molecular formula is C29H29N3O6S. The molecule has 2 atom stereocenters. The van der Waals surface area contributed by atoms with Gasteiger partial charge in [0.15, 0.2) is 11.5 Å². The number of hydrogen-bond acceptors (Lipinski definition) is 6. The summed E-state index contributed by atoms with van der Waals surface area (Å²) in [6.45, 7) is 1.43. The number of aliphatic carboxylic acids is 1. The Hall–Kier alpha value is -4.36. The van der Waals surface area contributed by atoms with Gasteiger partial charge in [-0.3, -0.25) is 4.90 Å². The Morgan fingerprint density at radius 3 is 2.62 bits per heavy atom. The third-order valence-corrected chi connectivity index (χ3v) is 8.37. The predicted molar refractivity (Wildman–Crippen MR) is 147 cm³/mol. The van der Waals surface area contributed by atoms with Crippen molar-refractivity contribution in [3.05, 3.63) is 70.1 Å². The molecule has 39 heavy (non-hydrogen) atoms. The van der Waals surface area contributed by atoms with Crippen molar-refractivity contribution in [1.29, 1.82) is 5.26 Å². The van der Waals surface area contributed by atoms with Crippen molar-refractivity contribution in [1.82, 2.24) is 0 Å². The number of carboxylic acids is 2. The summed E-state index contributed by atoms with van der Waals surface area (Å²) < 4.78 is 5.30. The third-order valence-electron chi connectivity index (χ3n) is 7.06. The number of anilines is 1. The maximum absolute atomic E-state index is 12.6. The average molecular weight is 548 g/mol. The maximum Gasteiger partial charge on any atom is 0.349 e. The molecule has 1 aliphatic carbocycles. The lowest BCUT2D eigenvalue weighted by molar-refractivity contribution is -0.139. The molecule has 1 fully saturated rings. The van der Waals surface area contributed by atoms with Crippen LogP contribution in [0.4, 0.5) is 10.5 Å². The Morgan fingerprint density at radius 2 is 1.92 bits per heavy atom. The zero-order valence-corrected chi connectivity index (χ0v) is 22.2. The number of rotatable bonds is 9. The molecule has 0 saturated heterocycles. The van der Waals surface area contributed by atoms with E-state index in [9.17, 15) is 24.8 Å². The van der Waals surface area contributed by atoms with Crippen LogP contribution >= 0.6 is 11.3 Å². The molecule has 1 saturated carbocycles. The van der Waals surface area contributed by atoms with Gasteiger partial charge in [0, 0.05) is 22.7 Å². The van der Waals surface area contributed by atoms with Gasteiger partial charge in [0.25, 0.3) is 0 Å². The van der Waals surface area contributed by atoms with E-state index in [0.717, 1.165) is 42.6 Å². The van der Waals surface area contributed by atoms with E-state index in [-0.39, 0.29) is 22.5 Å². The fourth-order valence-corrected chi connectivity index (χ4v) is 6.40. The monoisotopic (exact) mass is 547 g/mol. The molecule has 4 rings (SSSR count). The fraction of sp³-hybridized carbons (Fsp3) is 0.310. The Bertz CT molecular complexity index is 1440. The summed E-state index contributed by atoms with van der Waals surface area (Å²) in [6.07, 6.45) is 3.73. The number of nitrogens with two attached hydrogens (primary N) is 1. The molecular weight excluding hydrogens is 518 g/mol. The van der Waals surface area contributed by atoms with Crippen LogP contribution in [0.5, 0.6) is 5.75 Å². The van der Waals surface area contributed by atoms with E-state index >= 15 is 0 Å². The van der Waals surface area contributed by atoms with Gasteiger partial charge in [0.05, 0.1) is 11.6 Å². The normalized spacial score (nSPS) is 16.7. The van der Waals surface area contributed by atoms with Crippen LogP contribution in [-0.4, -0.2) is 41.3 Å². The fourth-order valence-electron chi connectivity index (χ4n) is 5.31. The molecule has 2 amide bonds. The smallest absolute Gasteiger partial charge is 0.349 e. The van der Waals surface area contributed by atoms with Crippen molar-refractivity contribution < 1.29 is 29.3 Å². The van der Waals surface area contributed by atoms with Crippen molar-refractivity contribution in [2.45, 2.75) is 38.5 Å². The Labute approximate surface area is 230 Å². The molecule has 9 nitrogen and oxygen atoms in total. The number of nitriles is 1. The second kappa shape index (κ2) is 12.0. The topological polar surface area (TPSA) is 154 Å². The summed E-state index contributed by atoms with van der Waals surface area (Å²) in [7, 11) is 0. The summed E-state index contributed by atoms with van der Waals surface area (Å²) in [5.41, 5.74) is 9.30. The molecule has 2 unspecified atom stereocenters.